The fourth-order valence-electron chi connectivity index (χ4n) is 2.56. The van der Waals surface area contributed by atoms with Crippen LogP contribution in [0.2, 0.25) is 0 Å². The molecule has 2 heterocycles. The molecule has 0 bridgehead atoms. The number of nitrogens with one attached hydrogen (secondary N) is 2. The van der Waals surface area contributed by atoms with Crippen LogP contribution in [0, 0.1) is 0 Å². The molecule has 29 heavy (non-hydrogen) atoms. The first-order chi connectivity index (χ1) is 14.2. The lowest BCUT2D eigenvalue weighted by molar-refractivity contribution is 0.0727. The number of benzene rings is 2. The molecule has 0 radical (unpaired) electrons. The fourth-order valence-corrected chi connectivity index (χ4v) is 2.56. The van der Waals surface area contributed by atoms with Gasteiger partial charge in [-0.15, -0.1) is 0 Å². The summed E-state index contributed by atoms with van der Waals surface area (Å²) in [7, 11) is 0. The summed E-state index contributed by atoms with van der Waals surface area (Å²) in [5, 5.41) is 9.02. The highest BCUT2D eigenvalue weighted by atomic mass is 16.5. The first-order valence-corrected chi connectivity index (χ1v) is 8.70. The second-order valence-electron chi connectivity index (χ2n) is 6.00. The molecule has 0 amide bonds. The Hall–Kier alpha value is -4.33. The smallest absolute Gasteiger partial charge is 0.364 e. The van der Waals surface area contributed by atoms with Crippen LogP contribution in [0.1, 0.15) is 10.5 Å². The van der Waals surface area contributed by atoms with Crippen LogP contribution in [0.15, 0.2) is 83.9 Å². The van der Waals surface area contributed by atoms with Gasteiger partial charge in [-0.1, -0.05) is 30.3 Å². The van der Waals surface area contributed by atoms with Gasteiger partial charge >= 0.3 is 5.97 Å². The van der Waals surface area contributed by atoms with Crippen molar-refractivity contribution in [2.45, 2.75) is 0 Å². The minimum absolute atomic E-state index is 0.0150. The minimum atomic E-state index is -0.662. The van der Waals surface area contributed by atoms with E-state index in [2.05, 4.69) is 25.5 Å². The largest absolute Gasteiger partial charge is 0.422 e. The number of aromatic nitrogens is 4. The molecule has 0 aliphatic rings. The SMILES string of the molecule is O=C(Oc1ccc(Nc2cc(-c3ccccc3)ncn2)cc1)c1ccc(=O)[nH]n1. The van der Waals surface area contributed by atoms with Gasteiger partial charge in [-0.2, -0.15) is 5.10 Å². The second kappa shape index (κ2) is 8.13. The molecule has 0 saturated heterocycles. The van der Waals surface area contributed by atoms with Crippen molar-refractivity contribution in [3.05, 3.63) is 95.2 Å². The van der Waals surface area contributed by atoms with Crippen LogP contribution in [0.4, 0.5) is 11.5 Å². The molecular formula is C21H15N5O3. The number of rotatable bonds is 5. The first kappa shape index (κ1) is 18.1. The van der Waals surface area contributed by atoms with Gasteiger partial charge in [-0.3, -0.25) is 4.79 Å². The van der Waals surface area contributed by atoms with Crippen LogP contribution in [-0.4, -0.2) is 26.1 Å². The van der Waals surface area contributed by atoms with E-state index in [9.17, 15) is 9.59 Å². The number of H-pyrrole nitrogens is 1. The van der Waals surface area contributed by atoms with Crippen molar-refractivity contribution in [3.8, 4) is 17.0 Å². The van der Waals surface area contributed by atoms with E-state index in [1.807, 2.05) is 36.4 Å². The number of hydrogen-bond acceptors (Lipinski definition) is 7. The quantitative estimate of drug-likeness (QED) is 0.401. The molecule has 0 saturated carbocycles. The molecule has 2 aromatic heterocycles. The lowest BCUT2D eigenvalue weighted by atomic mass is 10.1. The molecule has 8 nitrogen and oxygen atoms in total. The number of aromatic amines is 1. The van der Waals surface area contributed by atoms with Crippen LogP contribution in [0.5, 0.6) is 5.75 Å². The lowest BCUT2D eigenvalue weighted by Crippen LogP contribution is -2.15. The Morgan fingerprint density at radius 3 is 2.45 bits per heavy atom. The molecule has 142 valence electrons. The van der Waals surface area contributed by atoms with E-state index in [0.29, 0.717) is 11.6 Å². The molecule has 2 N–H and O–H groups in total. The van der Waals surface area contributed by atoms with Crippen molar-refractivity contribution in [1.82, 2.24) is 20.2 Å². The van der Waals surface area contributed by atoms with Crippen LogP contribution < -0.4 is 15.6 Å². The van der Waals surface area contributed by atoms with Gasteiger partial charge < -0.3 is 10.1 Å². The van der Waals surface area contributed by atoms with Crippen molar-refractivity contribution in [3.63, 3.8) is 0 Å². The Morgan fingerprint density at radius 1 is 0.931 bits per heavy atom. The van der Waals surface area contributed by atoms with Gasteiger partial charge in [0.2, 0.25) is 0 Å². The van der Waals surface area contributed by atoms with Crippen molar-refractivity contribution >= 4 is 17.5 Å². The summed E-state index contributed by atoms with van der Waals surface area (Å²) in [6.07, 6.45) is 1.50. The maximum Gasteiger partial charge on any atom is 0.364 e. The average Bonchev–Trinajstić information content (AvgIpc) is 2.76. The standard InChI is InChI=1S/C21H15N5O3/c27-20-11-10-17(25-26-20)21(28)29-16-8-6-15(7-9-16)24-19-12-18(22-13-23-19)14-4-2-1-3-5-14/h1-13H,(H,26,27)(H,22,23,24). The average molecular weight is 385 g/mol. The van der Waals surface area contributed by atoms with Crippen LogP contribution >= 0.6 is 0 Å². The van der Waals surface area contributed by atoms with Gasteiger partial charge in [0.15, 0.2) is 5.69 Å². The molecule has 0 fully saturated rings. The summed E-state index contributed by atoms with van der Waals surface area (Å²) >= 11 is 0. The van der Waals surface area contributed by atoms with E-state index in [1.165, 1.54) is 18.5 Å². The third-order valence-electron chi connectivity index (χ3n) is 3.96. The highest BCUT2D eigenvalue weighted by molar-refractivity contribution is 5.88. The van der Waals surface area contributed by atoms with E-state index in [-0.39, 0.29) is 5.69 Å². The molecule has 4 aromatic rings. The zero-order valence-corrected chi connectivity index (χ0v) is 15.1. The van der Waals surface area contributed by atoms with Gasteiger partial charge in [0.25, 0.3) is 5.56 Å². The zero-order chi connectivity index (χ0) is 20.1. The molecule has 8 heteroatoms. The Kier molecular flexibility index (Phi) is 5.06. The summed E-state index contributed by atoms with van der Waals surface area (Å²) < 4.78 is 5.25. The van der Waals surface area contributed by atoms with Gasteiger partial charge in [-0.05, 0) is 30.3 Å². The number of hydrogen-bond donors (Lipinski definition) is 2. The summed E-state index contributed by atoms with van der Waals surface area (Å²) in [4.78, 5) is 31.6. The van der Waals surface area contributed by atoms with Crippen molar-refractivity contribution in [1.29, 1.82) is 0 Å². The molecule has 2 aromatic carbocycles. The zero-order valence-electron chi connectivity index (χ0n) is 15.1. The van der Waals surface area contributed by atoms with E-state index in [1.54, 1.807) is 24.3 Å². The molecule has 0 atom stereocenters. The third-order valence-corrected chi connectivity index (χ3v) is 3.96. The van der Waals surface area contributed by atoms with Gasteiger partial charge in [0, 0.05) is 23.4 Å². The summed E-state index contributed by atoms with van der Waals surface area (Å²) in [5.74, 6) is 0.326. The number of esters is 1. The molecule has 0 aliphatic heterocycles. The molecular weight excluding hydrogens is 370 g/mol. The van der Waals surface area contributed by atoms with E-state index in [4.69, 9.17) is 4.74 Å². The number of nitrogens with zero attached hydrogens (tertiary/aromatic N) is 3. The summed E-state index contributed by atoms with van der Waals surface area (Å²) in [5.41, 5.74) is 2.20. The number of anilines is 2. The Morgan fingerprint density at radius 2 is 1.72 bits per heavy atom. The minimum Gasteiger partial charge on any atom is -0.422 e. The molecule has 0 spiro atoms. The number of carbonyl (C=O) groups excluding carboxylic acids is 1. The van der Waals surface area contributed by atoms with Gasteiger partial charge in [-0.25, -0.2) is 19.9 Å². The van der Waals surface area contributed by atoms with Crippen molar-refractivity contribution in [2.24, 2.45) is 0 Å². The summed E-state index contributed by atoms with van der Waals surface area (Å²) in [6.45, 7) is 0. The maximum atomic E-state index is 12.0. The first-order valence-electron chi connectivity index (χ1n) is 8.70. The predicted molar refractivity (Wildman–Crippen MR) is 107 cm³/mol. The van der Waals surface area contributed by atoms with Crippen molar-refractivity contribution in [2.75, 3.05) is 5.32 Å². The van der Waals surface area contributed by atoms with Crippen LogP contribution in [-0.2, 0) is 0 Å². The monoisotopic (exact) mass is 385 g/mol. The highest BCUT2D eigenvalue weighted by Crippen LogP contribution is 2.22. The van der Waals surface area contributed by atoms with Crippen LogP contribution in [0.3, 0.4) is 0 Å². The molecule has 0 aliphatic carbocycles. The van der Waals surface area contributed by atoms with Crippen molar-refractivity contribution < 1.29 is 9.53 Å². The van der Waals surface area contributed by atoms with Crippen LogP contribution in [0.25, 0.3) is 11.3 Å². The summed E-state index contributed by atoms with van der Waals surface area (Å²) in [6, 6.07) is 21.0. The topological polar surface area (TPSA) is 110 Å². The Balaban J connectivity index is 1.44. The number of carbonyl (C=O) groups is 1. The number of ether oxygens (including phenoxy) is 1. The predicted octanol–water partition coefficient (Wildman–Crippen LogP) is 3.19. The third kappa shape index (κ3) is 4.51. The Bertz CT molecular complexity index is 1170. The highest BCUT2D eigenvalue weighted by Gasteiger charge is 2.10. The molecule has 0 unspecified atom stereocenters. The van der Waals surface area contributed by atoms with E-state index >= 15 is 0 Å². The molecule has 4 rings (SSSR count). The van der Waals surface area contributed by atoms with Gasteiger partial charge in [0.1, 0.15) is 17.9 Å². The van der Waals surface area contributed by atoms with E-state index in [0.717, 1.165) is 16.9 Å². The maximum absolute atomic E-state index is 12.0. The lowest BCUT2D eigenvalue weighted by Gasteiger charge is -2.08. The Labute approximate surface area is 165 Å². The normalized spacial score (nSPS) is 10.3. The fraction of sp³-hybridized carbons (Fsp3) is 0. The van der Waals surface area contributed by atoms with Gasteiger partial charge in [0.05, 0.1) is 5.69 Å². The second-order valence-corrected chi connectivity index (χ2v) is 6.00. The van der Waals surface area contributed by atoms with E-state index < -0.39 is 11.5 Å².